The molecule has 2 aromatic carbocycles. The Bertz CT molecular complexity index is 782. The van der Waals surface area contributed by atoms with E-state index in [1.54, 1.807) is 0 Å². The number of benzene rings is 2. The molecule has 0 amide bonds. The van der Waals surface area contributed by atoms with Crippen LogP contribution < -0.4 is 0 Å². The fourth-order valence-electron chi connectivity index (χ4n) is 3.52. The Morgan fingerprint density at radius 1 is 0.833 bits per heavy atom. The molecule has 1 heterocycles. The average Bonchev–Trinajstić information content (AvgIpc) is 3.01. The summed E-state index contributed by atoms with van der Waals surface area (Å²) in [6, 6.07) is 17.8. The van der Waals surface area contributed by atoms with Crippen LogP contribution in [0.3, 0.4) is 0 Å². The third kappa shape index (κ3) is 3.90. The Morgan fingerprint density at radius 3 is 2.46 bits per heavy atom. The zero-order chi connectivity index (χ0) is 16.8. The van der Waals surface area contributed by atoms with Gasteiger partial charge in [-0.05, 0) is 48.2 Å². The van der Waals surface area contributed by atoms with E-state index in [4.69, 9.17) is 0 Å². The summed E-state index contributed by atoms with van der Waals surface area (Å²) in [5.74, 6) is 0. The molecule has 0 radical (unpaired) electrons. The van der Waals surface area contributed by atoms with Crippen LogP contribution in [0, 0.1) is 6.92 Å². The van der Waals surface area contributed by atoms with E-state index >= 15 is 0 Å². The molecule has 1 aromatic heterocycles. The monoisotopic (exact) mass is 319 g/mol. The van der Waals surface area contributed by atoms with Crippen LogP contribution in [0.1, 0.15) is 51.0 Å². The molecule has 1 heteroatoms. The summed E-state index contributed by atoms with van der Waals surface area (Å²) in [4.78, 5) is 0. The standard InChI is InChI=1S/C23H29N/c1-3-4-5-6-7-10-16-24-17-15-21-18-20(13-14-23(21)24)22-12-9-8-11-19(22)2/h8-9,11-15,17-18H,3-7,10,16H2,1-2H3. The van der Waals surface area contributed by atoms with E-state index in [9.17, 15) is 0 Å². The summed E-state index contributed by atoms with van der Waals surface area (Å²) in [5.41, 5.74) is 5.35. The van der Waals surface area contributed by atoms with E-state index in [1.165, 1.54) is 66.1 Å². The number of hydrogen-bond donors (Lipinski definition) is 0. The third-order valence-corrected chi connectivity index (χ3v) is 4.98. The first-order chi connectivity index (χ1) is 11.8. The fraction of sp³-hybridized carbons (Fsp3) is 0.391. The van der Waals surface area contributed by atoms with Gasteiger partial charge in [0.05, 0.1) is 0 Å². The lowest BCUT2D eigenvalue weighted by molar-refractivity contribution is 0.565. The van der Waals surface area contributed by atoms with Crippen LogP contribution in [-0.4, -0.2) is 4.57 Å². The molecule has 126 valence electrons. The van der Waals surface area contributed by atoms with Gasteiger partial charge in [-0.15, -0.1) is 0 Å². The Kier molecular flexibility index (Phi) is 5.74. The zero-order valence-corrected chi connectivity index (χ0v) is 15.1. The van der Waals surface area contributed by atoms with Crippen molar-refractivity contribution < 1.29 is 0 Å². The van der Waals surface area contributed by atoms with Crippen LogP contribution in [0.15, 0.2) is 54.7 Å². The van der Waals surface area contributed by atoms with E-state index < -0.39 is 0 Å². The lowest BCUT2D eigenvalue weighted by Gasteiger charge is -2.08. The lowest BCUT2D eigenvalue weighted by Crippen LogP contribution is -1.96. The molecule has 0 aliphatic carbocycles. The fourth-order valence-corrected chi connectivity index (χ4v) is 3.52. The third-order valence-electron chi connectivity index (χ3n) is 4.98. The van der Waals surface area contributed by atoms with Crippen molar-refractivity contribution in [2.45, 2.75) is 58.9 Å². The molecule has 0 N–H and O–H groups in total. The van der Waals surface area contributed by atoms with Gasteiger partial charge < -0.3 is 4.57 Å². The summed E-state index contributed by atoms with van der Waals surface area (Å²) in [5, 5.41) is 1.35. The summed E-state index contributed by atoms with van der Waals surface area (Å²) in [6.45, 7) is 5.60. The molecule has 0 saturated heterocycles. The maximum absolute atomic E-state index is 2.41. The number of aromatic nitrogens is 1. The highest BCUT2D eigenvalue weighted by molar-refractivity contribution is 5.86. The molecule has 24 heavy (non-hydrogen) atoms. The Balaban J connectivity index is 1.69. The lowest BCUT2D eigenvalue weighted by atomic mass is 10.00. The van der Waals surface area contributed by atoms with E-state index in [0.717, 1.165) is 6.54 Å². The SMILES string of the molecule is CCCCCCCCn1ccc2cc(-c3ccccc3C)ccc21. The van der Waals surface area contributed by atoms with Gasteiger partial charge in [0.1, 0.15) is 0 Å². The van der Waals surface area contributed by atoms with Crippen molar-refractivity contribution in [1.82, 2.24) is 4.57 Å². The van der Waals surface area contributed by atoms with Gasteiger partial charge in [0, 0.05) is 23.6 Å². The summed E-state index contributed by atoms with van der Waals surface area (Å²) in [7, 11) is 0. The van der Waals surface area contributed by atoms with Gasteiger partial charge in [0.2, 0.25) is 0 Å². The first-order valence-electron chi connectivity index (χ1n) is 9.44. The van der Waals surface area contributed by atoms with Crippen molar-refractivity contribution in [3.8, 4) is 11.1 Å². The number of hydrogen-bond acceptors (Lipinski definition) is 0. The second-order valence-electron chi connectivity index (χ2n) is 6.87. The van der Waals surface area contributed by atoms with Crippen LogP contribution in [0.4, 0.5) is 0 Å². The van der Waals surface area contributed by atoms with Gasteiger partial charge >= 0.3 is 0 Å². The molecule has 0 aliphatic heterocycles. The predicted molar refractivity (Wildman–Crippen MR) is 105 cm³/mol. The molecule has 0 saturated carbocycles. The minimum atomic E-state index is 1.14. The molecular weight excluding hydrogens is 290 g/mol. The minimum absolute atomic E-state index is 1.14. The largest absolute Gasteiger partial charge is 0.347 e. The highest BCUT2D eigenvalue weighted by Crippen LogP contribution is 2.27. The Morgan fingerprint density at radius 2 is 1.62 bits per heavy atom. The summed E-state index contributed by atoms with van der Waals surface area (Å²) >= 11 is 0. The molecule has 3 rings (SSSR count). The van der Waals surface area contributed by atoms with E-state index in [0.29, 0.717) is 0 Å². The number of nitrogens with zero attached hydrogens (tertiary/aromatic N) is 1. The Labute approximate surface area is 146 Å². The highest BCUT2D eigenvalue weighted by atomic mass is 14.9. The molecule has 0 unspecified atom stereocenters. The highest BCUT2D eigenvalue weighted by Gasteiger charge is 2.05. The molecule has 3 aromatic rings. The van der Waals surface area contributed by atoms with Gasteiger partial charge in [-0.1, -0.05) is 69.4 Å². The molecule has 0 spiro atoms. The van der Waals surface area contributed by atoms with Crippen molar-refractivity contribution >= 4 is 10.9 Å². The van der Waals surface area contributed by atoms with E-state index in [2.05, 4.69) is 73.1 Å². The minimum Gasteiger partial charge on any atom is -0.347 e. The second-order valence-corrected chi connectivity index (χ2v) is 6.87. The van der Waals surface area contributed by atoms with Crippen molar-refractivity contribution in [1.29, 1.82) is 0 Å². The first-order valence-corrected chi connectivity index (χ1v) is 9.44. The van der Waals surface area contributed by atoms with Gasteiger partial charge in [-0.2, -0.15) is 0 Å². The number of rotatable bonds is 8. The molecule has 0 fully saturated rings. The summed E-state index contributed by atoms with van der Waals surface area (Å²) < 4.78 is 2.41. The zero-order valence-electron chi connectivity index (χ0n) is 15.1. The molecule has 0 bridgehead atoms. The molecule has 1 nitrogen and oxygen atoms in total. The second kappa shape index (κ2) is 8.19. The van der Waals surface area contributed by atoms with Gasteiger partial charge in [0.25, 0.3) is 0 Å². The molecule has 0 aliphatic rings. The maximum atomic E-state index is 2.41. The van der Waals surface area contributed by atoms with Crippen molar-refractivity contribution in [3.05, 3.63) is 60.3 Å². The molecule has 0 atom stereocenters. The van der Waals surface area contributed by atoms with Gasteiger partial charge in [-0.3, -0.25) is 0 Å². The maximum Gasteiger partial charge on any atom is 0.0480 e. The smallest absolute Gasteiger partial charge is 0.0480 e. The Hall–Kier alpha value is -2.02. The quantitative estimate of drug-likeness (QED) is 0.395. The average molecular weight is 319 g/mol. The first kappa shape index (κ1) is 16.8. The van der Waals surface area contributed by atoms with Crippen molar-refractivity contribution in [2.75, 3.05) is 0 Å². The van der Waals surface area contributed by atoms with Crippen LogP contribution in [0.2, 0.25) is 0 Å². The van der Waals surface area contributed by atoms with Crippen LogP contribution in [0.25, 0.3) is 22.0 Å². The van der Waals surface area contributed by atoms with Crippen LogP contribution >= 0.6 is 0 Å². The van der Waals surface area contributed by atoms with Crippen molar-refractivity contribution in [3.63, 3.8) is 0 Å². The number of fused-ring (bicyclic) bond motifs is 1. The van der Waals surface area contributed by atoms with E-state index in [-0.39, 0.29) is 0 Å². The number of aryl methyl sites for hydroxylation is 2. The predicted octanol–water partition coefficient (Wildman–Crippen LogP) is 6.98. The number of unbranched alkanes of at least 4 members (excludes halogenated alkanes) is 5. The van der Waals surface area contributed by atoms with E-state index in [1.807, 2.05) is 0 Å². The topological polar surface area (TPSA) is 4.93 Å². The van der Waals surface area contributed by atoms with Gasteiger partial charge in [0.15, 0.2) is 0 Å². The van der Waals surface area contributed by atoms with Gasteiger partial charge in [-0.25, -0.2) is 0 Å². The van der Waals surface area contributed by atoms with Crippen LogP contribution in [0.5, 0.6) is 0 Å². The molecular formula is C23H29N. The van der Waals surface area contributed by atoms with Crippen LogP contribution in [-0.2, 0) is 6.54 Å². The normalized spacial score (nSPS) is 11.2. The summed E-state index contributed by atoms with van der Waals surface area (Å²) in [6.07, 6.45) is 10.4. The van der Waals surface area contributed by atoms with Crippen molar-refractivity contribution in [2.24, 2.45) is 0 Å².